The molecule has 4 aromatic rings. The summed E-state index contributed by atoms with van der Waals surface area (Å²) in [6.07, 6.45) is 4.01. The highest BCUT2D eigenvalue weighted by Gasteiger charge is 2.52. The van der Waals surface area contributed by atoms with Crippen molar-refractivity contribution in [3.8, 4) is 0 Å². The zero-order valence-electron chi connectivity index (χ0n) is 34.7. The van der Waals surface area contributed by atoms with Crippen LogP contribution >= 0.6 is 0 Å². The highest BCUT2D eigenvalue weighted by Crippen LogP contribution is 2.54. The molecule has 0 radical (unpaired) electrons. The minimum absolute atomic E-state index is 0.0849. The zero-order valence-corrected chi connectivity index (χ0v) is 34.7. The Morgan fingerprint density at radius 1 is 0.533 bits per heavy atom. The molecule has 0 aromatic heterocycles. The van der Waals surface area contributed by atoms with Gasteiger partial charge in [-0.25, -0.2) is 0 Å². The van der Waals surface area contributed by atoms with Gasteiger partial charge in [0, 0.05) is 72.0 Å². The number of benzene rings is 4. The van der Waals surface area contributed by atoms with E-state index < -0.39 is 47.3 Å². The summed E-state index contributed by atoms with van der Waals surface area (Å²) in [5, 5.41) is 41.0. The number of nitrogens with one attached hydrogen (secondary N) is 4. The van der Waals surface area contributed by atoms with E-state index in [4.69, 9.17) is 18.9 Å². The van der Waals surface area contributed by atoms with Crippen molar-refractivity contribution in [3.05, 3.63) is 71.8 Å². The van der Waals surface area contributed by atoms with E-state index in [1.807, 2.05) is 60.7 Å². The second-order valence-corrected chi connectivity index (χ2v) is 16.4. The number of anilines is 4. The molecule has 2 atom stereocenters. The topological polar surface area (TPSA) is 194 Å². The molecule has 0 spiro atoms. The van der Waals surface area contributed by atoms with E-state index >= 15 is 0 Å². The molecule has 3 aliphatic rings. The number of aliphatic hydroxyl groups excluding tert-OH is 2. The molecule has 4 aromatic carbocycles. The Balaban J connectivity index is 1.14. The van der Waals surface area contributed by atoms with Crippen molar-refractivity contribution in [1.82, 2.24) is 0 Å². The van der Waals surface area contributed by atoms with Gasteiger partial charge in [0.2, 0.25) is 0 Å². The first-order valence-electron chi connectivity index (χ1n) is 21.1. The van der Waals surface area contributed by atoms with Gasteiger partial charge < -0.3 is 50.4 Å². The monoisotopic (exact) mass is 824 g/mol. The lowest BCUT2D eigenvalue weighted by molar-refractivity contribution is -0.149. The molecule has 1 fully saturated rings. The third kappa shape index (κ3) is 8.66. The van der Waals surface area contributed by atoms with Crippen LogP contribution in [0.5, 0.6) is 0 Å². The predicted octanol–water partition coefficient (Wildman–Crippen LogP) is 7.04. The van der Waals surface area contributed by atoms with Crippen molar-refractivity contribution in [1.29, 1.82) is 0 Å². The molecule has 60 heavy (non-hydrogen) atoms. The van der Waals surface area contributed by atoms with Crippen molar-refractivity contribution in [2.75, 3.05) is 47.7 Å². The van der Waals surface area contributed by atoms with Gasteiger partial charge in [-0.3, -0.25) is 19.2 Å². The van der Waals surface area contributed by atoms with Gasteiger partial charge in [0.1, 0.15) is 26.4 Å². The molecule has 2 heterocycles. The lowest BCUT2D eigenvalue weighted by atomic mass is 9.62. The molecular weight excluding hydrogens is 769 g/mol. The Bertz CT molecular complexity index is 2180. The SMILES string of the molecule is CCCCCC(=O)OCC1(COC(=O)CCCCC)Nc2cccc3c(C4C(O)C(c5ccc6c7c(cccc57)NC(COC(C)=O)(COC(C)=O)N6)C4O)ccc(c23)N1. The van der Waals surface area contributed by atoms with Gasteiger partial charge in [0.05, 0.1) is 12.2 Å². The quantitative estimate of drug-likeness (QED) is 0.0340. The van der Waals surface area contributed by atoms with Gasteiger partial charge in [-0.05, 0) is 59.0 Å². The van der Waals surface area contributed by atoms with E-state index in [0.717, 1.165) is 82.6 Å². The average molecular weight is 825 g/mol. The van der Waals surface area contributed by atoms with Crippen LogP contribution in [0.1, 0.15) is 102 Å². The molecule has 7 rings (SSSR count). The molecule has 0 saturated heterocycles. The first kappa shape index (κ1) is 42.5. The van der Waals surface area contributed by atoms with Gasteiger partial charge in [-0.1, -0.05) is 75.9 Å². The molecule has 14 heteroatoms. The van der Waals surface area contributed by atoms with E-state index in [2.05, 4.69) is 35.1 Å². The lowest BCUT2D eigenvalue weighted by Crippen LogP contribution is -2.56. The van der Waals surface area contributed by atoms with E-state index in [-0.39, 0.29) is 38.4 Å². The summed E-state index contributed by atoms with van der Waals surface area (Å²) < 4.78 is 22.3. The van der Waals surface area contributed by atoms with Crippen LogP contribution in [-0.4, -0.2) is 84.1 Å². The number of ether oxygens (including phenoxy) is 4. The summed E-state index contributed by atoms with van der Waals surface area (Å²) >= 11 is 0. The van der Waals surface area contributed by atoms with Crippen LogP contribution in [0.15, 0.2) is 60.7 Å². The van der Waals surface area contributed by atoms with Crippen molar-refractivity contribution >= 4 is 68.2 Å². The van der Waals surface area contributed by atoms with Crippen LogP contribution in [0.3, 0.4) is 0 Å². The lowest BCUT2D eigenvalue weighted by Gasteiger charge is -2.48. The maximum absolute atomic E-state index is 12.8. The van der Waals surface area contributed by atoms with Gasteiger partial charge in [0.25, 0.3) is 0 Å². The number of esters is 4. The highest BCUT2D eigenvalue weighted by atomic mass is 16.6. The molecule has 320 valence electrons. The molecule has 0 bridgehead atoms. The smallest absolute Gasteiger partial charge is 0.305 e. The van der Waals surface area contributed by atoms with E-state index in [1.165, 1.54) is 13.8 Å². The minimum atomic E-state index is -1.14. The second-order valence-electron chi connectivity index (χ2n) is 16.4. The largest absolute Gasteiger partial charge is 0.461 e. The highest BCUT2D eigenvalue weighted by molar-refractivity contribution is 6.08. The second kappa shape index (κ2) is 17.9. The zero-order chi connectivity index (χ0) is 42.6. The molecule has 14 nitrogen and oxygen atoms in total. The fourth-order valence-corrected chi connectivity index (χ4v) is 8.80. The van der Waals surface area contributed by atoms with Crippen LogP contribution in [-0.2, 0) is 38.1 Å². The van der Waals surface area contributed by atoms with E-state index in [9.17, 15) is 29.4 Å². The minimum Gasteiger partial charge on any atom is -0.461 e. The molecule has 1 saturated carbocycles. The standard InChI is InChI=1S/C46H56N4O10/c1-5-7-9-17-37(53)59-25-46(26-60-38(54)18-10-8-6-2)48-34-16-12-14-30-32(20-22-36(50-46)40(30)34)42-43(55)41(44(42)56)31-19-21-35-39-29(31)13-11-15-33(39)47-45(49-35,23-57-27(3)51)24-58-28(4)52/h11-16,19-22,41-44,47-50,55-56H,5-10,17-18,23-26H2,1-4H3. The summed E-state index contributed by atoms with van der Waals surface area (Å²) in [6.45, 7) is 6.36. The first-order chi connectivity index (χ1) is 28.9. The van der Waals surface area contributed by atoms with Crippen LogP contribution in [0.4, 0.5) is 22.7 Å². The third-order valence-electron chi connectivity index (χ3n) is 11.8. The summed E-state index contributed by atoms with van der Waals surface area (Å²) in [6, 6.07) is 19.0. The van der Waals surface area contributed by atoms with Crippen molar-refractivity contribution in [2.45, 2.75) is 114 Å². The summed E-state index contributed by atoms with van der Waals surface area (Å²) in [5.74, 6) is -2.82. The number of carbonyl (C=O) groups is 4. The van der Waals surface area contributed by atoms with Crippen LogP contribution in [0.25, 0.3) is 21.5 Å². The molecule has 0 amide bonds. The molecule has 2 unspecified atom stereocenters. The van der Waals surface area contributed by atoms with Crippen LogP contribution in [0.2, 0.25) is 0 Å². The maximum atomic E-state index is 12.8. The van der Waals surface area contributed by atoms with Gasteiger partial charge in [0.15, 0.2) is 11.3 Å². The summed E-state index contributed by atoms with van der Waals surface area (Å²) in [4.78, 5) is 49.1. The van der Waals surface area contributed by atoms with Crippen LogP contribution in [0, 0.1) is 0 Å². The Morgan fingerprint density at radius 2 is 0.900 bits per heavy atom. The Labute approximate surface area is 349 Å². The fourth-order valence-electron chi connectivity index (χ4n) is 8.80. The third-order valence-corrected chi connectivity index (χ3v) is 11.8. The first-order valence-corrected chi connectivity index (χ1v) is 21.1. The summed E-state index contributed by atoms with van der Waals surface area (Å²) in [7, 11) is 0. The number of aliphatic hydroxyl groups is 2. The molecule has 1 aliphatic carbocycles. The average Bonchev–Trinajstić information content (AvgIpc) is 3.23. The van der Waals surface area contributed by atoms with Crippen LogP contribution < -0.4 is 21.3 Å². The Hall–Kier alpha value is -5.60. The number of carbonyl (C=O) groups excluding carboxylic acids is 4. The summed E-state index contributed by atoms with van der Waals surface area (Å²) in [5.41, 5.74) is 2.16. The Morgan fingerprint density at radius 3 is 1.27 bits per heavy atom. The number of hydrogen-bond donors (Lipinski definition) is 6. The normalized spacial score (nSPS) is 20.4. The van der Waals surface area contributed by atoms with E-state index in [1.54, 1.807) is 0 Å². The molecular formula is C46H56N4O10. The predicted molar refractivity (Wildman–Crippen MR) is 229 cm³/mol. The molecule has 6 N–H and O–H groups in total. The Kier molecular flexibility index (Phi) is 12.7. The number of hydrogen-bond acceptors (Lipinski definition) is 14. The van der Waals surface area contributed by atoms with Crippen molar-refractivity contribution in [2.24, 2.45) is 0 Å². The van der Waals surface area contributed by atoms with Crippen molar-refractivity contribution < 1.29 is 48.3 Å². The fraction of sp³-hybridized carbons (Fsp3) is 0.478. The maximum Gasteiger partial charge on any atom is 0.305 e. The van der Waals surface area contributed by atoms with Gasteiger partial charge in [-0.15, -0.1) is 0 Å². The van der Waals surface area contributed by atoms with Crippen molar-refractivity contribution in [3.63, 3.8) is 0 Å². The number of unbranched alkanes of at least 4 members (excludes halogenated alkanes) is 4. The van der Waals surface area contributed by atoms with Gasteiger partial charge in [-0.2, -0.15) is 0 Å². The number of rotatable bonds is 18. The van der Waals surface area contributed by atoms with E-state index in [0.29, 0.717) is 24.2 Å². The van der Waals surface area contributed by atoms with Gasteiger partial charge >= 0.3 is 23.9 Å². The molecule has 2 aliphatic heterocycles.